The van der Waals surface area contributed by atoms with Gasteiger partial charge in [-0.05, 0) is 86.7 Å². The fourth-order valence-electron chi connectivity index (χ4n) is 6.11. The quantitative estimate of drug-likeness (QED) is 0.283. The van der Waals surface area contributed by atoms with E-state index in [-0.39, 0.29) is 82.5 Å². The van der Waals surface area contributed by atoms with Gasteiger partial charge in [-0.3, -0.25) is 20.9 Å². The Bertz CT molecular complexity index is 1310. The van der Waals surface area contributed by atoms with Gasteiger partial charge in [-0.2, -0.15) is 13.2 Å². The zero-order chi connectivity index (χ0) is 30.0. The molecule has 1 aliphatic heterocycles. The molecule has 2 aromatic carbocycles. The third-order valence-corrected chi connectivity index (χ3v) is 8.36. The normalized spacial score (nSPS) is 21.0. The van der Waals surface area contributed by atoms with E-state index in [1.54, 1.807) is 23.3 Å². The van der Waals surface area contributed by atoms with E-state index in [1.165, 1.54) is 12.1 Å². The van der Waals surface area contributed by atoms with Crippen molar-refractivity contribution < 1.29 is 62.6 Å². The predicted octanol–water partition coefficient (Wildman–Crippen LogP) is 2.96. The van der Waals surface area contributed by atoms with E-state index in [1.807, 2.05) is 19.1 Å². The Balaban J connectivity index is 0.00000323. The topological polar surface area (TPSA) is 109 Å². The smallest absolute Gasteiger partial charge is 0.870 e. The summed E-state index contributed by atoms with van der Waals surface area (Å²) >= 11 is 0. The van der Waals surface area contributed by atoms with E-state index in [2.05, 4.69) is 26.1 Å². The third kappa shape index (κ3) is 8.35. The first-order valence-electron chi connectivity index (χ1n) is 14.1. The largest absolute Gasteiger partial charge is 1.00 e. The van der Waals surface area contributed by atoms with Gasteiger partial charge in [0.15, 0.2) is 0 Å². The second-order valence-electron chi connectivity index (χ2n) is 12.2. The van der Waals surface area contributed by atoms with Crippen LogP contribution in [0.2, 0.25) is 0 Å². The molecule has 2 aliphatic rings. The molecule has 228 valence electrons. The maximum atomic E-state index is 14.0. The summed E-state index contributed by atoms with van der Waals surface area (Å²) < 4.78 is 40.4. The number of benzene rings is 2. The summed E-state index contributed by atoms with van der Waals surface area (Å²) in [7, 11) is 0. The molecule has 1 unspecified atom stereocenters. The maximum Gasteiger partial charge on any atom is 1.00 e. The van der Waals surface area contributed by atoms with Crippen molar-refractivity contribution in [3.63, 3.8) is 0 Å². The number of nitrogens with one attached hydrogen (secondary N) is 1. The van der Waals surface area contributed by atoms with E-state index < -0.39 is 17.4 Å². The van der Waals surface area contributed by atoms with Crippen molar-refractivity contribution >= 4 is 23.8 Å². The third-order valence-electron chi connectivity index (χ3n) is 8.36. The summed E-state index contributed by atoms with van der Waals surface area (Å²) in [6.45, 7) is 8.77. The molecule has 1 spiro atoms. The van der Waals surface area contributed by atoms with Crippen molar-refractivity contribution in [1.82, 2.24) is 10.2 Å². The van der Waals surface area contributed by atoms with Crippen LogP contribution in [0.3, 0.4) is 0 Å². The van der Waals surface area contributed by atoms with Crippen LogP contribution < -0.4 is 34.9 Å². The van der Waals surface area contributed by atoms with E-state index in [9.17, 15) is 27.6 Å². The number of carbonyl (C=O) groups excluding carboxylic acids is 3. The monoisotopic (exact) mass is 608 g/mol. The van der Waals surface area contributed by atoms with Crippen LogP contribution in [0.25, 0.3) is 0 Å². The minimum Gasteiger partial charge on any atom is -0.870 e. The van der Waals surface area contributed by atoms with Gasteiger partial charge in [-0.15, -0.1) is 6.42 Å². The van der Waals surface area contributed by atoms with Gasteiger partial charge in [0, 0.05) is 17.2 Å². The van der Waals surface area contributed by atoms with Crippen LogP contribution in [0, 0.1) is 11.3 Å². The number of hydrogen-bond donors (Lipinski definition) is 1. The molecule has 0 aromatic heterocycles. The van der Waals surface area contributed by atoms with Gasteiger partial charge in [0.25, 0.3) is 11.8 Å². The van der Waals surface area contributed by atoms with Crippen molar-refractivity contribution in [2.75, 3.05) is 6.54 Å². The van der Waals surface area contributed by atoms with Gasteiger partial charge in [-0.1, -0.05) is 45.0 Å². The number of nitrogens with zero attached hydrogens (tertiary/aromatic N) is 2. The second kappa shape index (κ2) is 14.5. The Morgan fingerprint density at radius 3 is 2.30 bits per heavy atom. The first-order valence-corrected chi connectivity index (χ1v) is 14.1. The number of hydrogen-bond acceptors (Lipinski definition) is 5. The average molecular weight is 609 g/mol. The van der Waals surface area contributed by atoms with Crippen molar-refractivity contribution in [2.24, 2.45) is 16.3 Å². The summed E-state index contributed by atoms with van der Waals surface area (Å²) in [5.74, 6) is -0.187. The number of aliphatic imine (C=N–C) groups is 1. The van der Waals surface area contributed by atoms with Crippen LogP contribution in [0.4, 0.5) is 13.2 Å². The summed E-state index contributed by atoms with van der Waals surface area (Å²) in [4.78, 5) is 43.3. The number of alkyl halides is 3. The molecular weight excluding hydrogens is 570 g/mol. The standard InChI is InChI=1S/C32H37F3N3O3.Na.H2O/c1-21(19-22-9-11-23(12-10-22)28(40)36-17-6-18-39)38-29(41)27(24-7-5-8-26(20-24)32(33,34)35)37-31(38)15-13-25(14-16-31)30(2,3)4;;/h5,7-12,20-21,25H,6,13-17,19H2,1-4H3,(H,36,40);;1H2/q-1;+1;/p-1. The molecule has 1 atom stereocenters. The second-order valence-corrected chi connectivity index (χ2v) is 12.2. The zero-order valence-electron chi connectivity index (χ0n) is 25.4. The molecule has 1 saturated carbocycles. The van der Waals surface area contributed by atoms with Crippen LogP contribution in [-0.2, 0) is 22.2 Å². The SMILES string of the molecule is CC(Cc1ccc(C(=O)NCC[C-]=O)cc1)N1C(=O)C(c2cccc(C(F)(F)F)c2)=NC12CCC(C(C)(C)C)CC2.[Na+].[OH-]. The van der Waals surface area contributed by atoms with Crippen molar-refractivity contribution in [2.45, 2.75) is 84.1 Å². The fourth-order valence-corrected chi connectivity index (χ4v) is 6.11. The van der Waals surface area contributed by atoms with Crippen LogP contribution in [0.15, 0.2) is 53.5 Å². The van der Waals surface area contributed by atoms with Gasteiger partial charge in [0.1, 0.15) is 11.4 Å². The predicted molar refractivity (Wildman–Crippen MR) is 153 cm³/mol. The molecule has 2 aromatic rings. The van der Waals surface area contributed by atoms with Crippen molar-refractivity contribution in [1.29, 1.82) is 0 Å². The van der Waals surface area contributed by atoms with Crippen LogP contribution in [-0.4, -0.2) is 52.4 Å². The molecule has 11 heteroatoms. The van der Waals surface area contributed by atoms with Crippen LogP contribution >= 0.6 is 0 Å². The van der Waals surface area contributed by atoms with Gasteiger partial charge in [-0.25, -0.2) is 0 Å². The molecule has 7 nitrogen and oxygen atoms in total. The van der Waals surface area contributed by atoms with Gasteiger partial charge < -0.3 is 20.5 Å². The van der Waals surface area contributed by atoms with Gasteiger partial charge in [0.2, 0.25) is 0 Å². The summed E-state index contributed by atoms with van der Waals surface area (Å²) in [5, 5.41) is 2.66. The Kier molecular flexibility index (Phi) is 12.4. The van der Waals surface area contributed by atoms with Crippen molar-refractivity contribution in [3.05, 3.63) is 70.8 Å². The molecule has 0 bridgehead atoms. The first-order chi connectivity index (χ1) is 19.2. The minimum absolute atomic E-state index is 0. The Morgan fingerprint density at radius 1 is 1.12 bits per heavy atom. The molecule has 2 N–H and O–H groups in total. The Hall–Kier alpha value is -2.53. The molecule has 1 heterocycles. The van der Waals surface area contributed by atoms with Gasteiger partial charge >= 0.3 is 35.7 Å². The molecule has 1 aliphatic carbocycles. The minimum atomic E-state index is -4.52. The molecule has 1 fully saturated rings. The maximum absolute atomic E-state index is 14.0. The van der Waals surface area contributed by atoms with E-state index in [0.717, 1.165) is 30.5 Å². The number of halogens is 3. The molecular formula is C32H38F3N3NaO4-. The summed E-state index contributed by atoms with van der Waals surface area (Å²) in [6, 6.07) is 11.6. The van der Waals surface area contributed by atoms with E-state index >= 15 is 0 Å². The van der Waals surface area contributed by atoms with Gasteiger partial charge in [0.05, 0.1) is 5.56 Å². The zero-order valence-corrected chi connectivity index (χ0v) is 27.4. The molecule has 0 radical (unpaired) electrons. The van der Waals surface area contributed by atoms with E-state index in [0.29, 0.717) is 30.7 Å². The summed E-state index contributed by atoms with van der Waals surface area (Å²) in [5.41, 5.74) is 0.114. The first kappa shape index (κ1) is 36.7. The van der Waals surface area contributed by atoms with Crippen LogP contribution in [0.1, 0.15) is 86.8 Å². The Labute approximate surface area is 273 Å². The number of rotatable bonds is 8. The van der Waals surface area contributed by atoms with Crippen molar-refractivity contribution in [3.8, 4) is 0 Å². The summed E-state index contributed by atoms with van der Waals surface area (Å²) in [6.07, 6.45) is 0.840. The number of carbonyl (C=O) groups is 2. The van der Waals surface area contributed by atoms with Crippen LogP contribution in [0.5, 0.6) is 0 Å². The number of amides is 2. The average Bonchev–Trinajstić information content (AvgIpc) is 3.19. The molecule has 2 amide bonds. The molecule has 4 rings (SSSR count). The molecule has 43 heavy (non-hydrogen) atoms. The van der Waals surface area contributed by atoms with E-state index in [4.69, 9.17) is 4.99 Å². The fraction of sp³-hybridized carbons (Fsp3) is 0.500. The molecule has 0 saturated heterocycles. The Morgan fingerprint density at radius 2 is 1.74 bits per heavy atom.